The number of rotatable bonds is 4. The lowest BCUT2D eigenvalue weighted by Crippen LogP contribution is -2.47. The molecule has 0 unspecified atom stereocenters. The molecule has 2 N–H and O–H groups in total. The minimum Gasteiger partial charge on any atom is -0.485 e. The van der Waals surface area contributed by atoms with Crippen molar-refractivity contribution >= 4 is 5.69 Å². The van der Waals surface area contributed by atoms with Gasteiger partial charge in [-0.2, -0.15) is 0 Å². The van der Waals surface area contributed by atoms with E-state index < -0.39 is 4.92 Å². The van der Waals surface area contributed by atoms with Crippen LogP contribution in [0.1, 0.15) is 37.7 Å². The van der Waals surface area contributed by atoms with Gasteiger partial charge in [0, 0.05) is 6.07 Å². The number of aryl methyl sites for hydroxylation is 1. The fourth-order valence-electron chi connectivity index (χ4n) is 2.51. The van der Waals surface area contributed by atoms with Gasteiger partial charge in [0.15, 0.2) is 5.75 Å². The third-order valence-corrected chi connectivity index (χ3v) is 3.68. The Morgan fingerprint density at radius 3 is 2.68 bits per heavy atom. The topological polar surface area (TPSA) is 78.4 Å². The summed E-state index contributed by atoms with van der Waals surface area (Å²) in [6.07, 6.45) is 5.27. The number of hydrogen-bond acceptors (Lipinski definition) is 4. The molecular formula is C14H20N2O3. The Bertz CT molecular complexity index is 468. The van der Waals surface area contributed by atoms with Crippen molar-refractivity contribution in [2.24, 2.45) is 5.73 Å². The number of nitro groups is 1. The van der Waals surface area contributed by atoms with Crippen LogP contribution in [0.15, 0.2) is 18.2 Å². The number of nitrogens with zero attached hydrogens (tertiary/aromatic N) is 1. The maximum absolute atomic E-state index is 11.0. The molecule has 1 fully saturated rings. The second-order valence-electron chi connectivity index (χ2n) is 5.44. The first-order valence-electron chi connectivity index (χ1n) is 6.67. The zero-order valence-electron chi connectivity index (χ0n) is 11.2. The van der Waals surface area contributed by atoms with E-state index in [4.69, 9.17) is 10.5 Å². The van der Waals surface area contributed by atoms with Crippen LogP contribution in [0.2, 0.25) is 0 Å². The van der Waals surface area contributed by atoms with Crippen molar-refractivity contribution in [3.63, 3.8) is 0 Å². The number of benzene rings is 1. The van der Waals surface area contributed by atoms with E-state index in [-0.39, 0.29) is 11.2 Å². The van der Waals surface area contributed by atoms with Gasteiger partial charge in [-0.3, -0.25) is 10.1 Å². The summed E-state index contributed by atoms with van der Waals surface area (Å²) in [5.74, 6) is 0.311. The fraction of sp³-hybridized carbons (Fsp3) is 0.571. The van der Waals surface area contributed by atoms with Gasteiger partial charge in [-0.1, -0.05) is 25.3 Å². The van der Waals surface area contributed by atoms with E-state index in [0.717, 1.165) is 31.2 Å². The predicted octanol–water partition coefficient (Wildman–Crippen LogP) is 2.94. The molecule has 0 bridgehead atoms. The van der Waals surface area contributed by atoms with Crippen molar-refractivity contribution in [1.82, 2.24) is 0 Å². The summed E-state index contributed by atoms with van der Waals surface area (Å²) >= 11 is 0. The molecule has 0 heterocycles. The lowest BCUT2D eigenvalue weighted by molar-refractivity contribution is -0.386. The Morgan fingerprint density at radius 2 is 2.05 bits per heavy atom. The molecule has 1 aliphatic rings. The average Bonchev–Trinajstić information content (AvgIpc) is 2.38. The van der Waals surface area contributed by atoms with Gasteiger partial charge in [0.25, 0.3) is 0 Å². The van der Waals surface area contributed by atoms with Crippen molar-refractivity contribution in [2.75, 3.05) is 6.61 Å². The van der Waals surface area contributed by atoms with E-state index in [1.807, 2.05) is 13.0 Å². The van der Waals surface area contributed by atoms with E-state index in [1.54, 1.807) is 6.07 Å². The van der Waals surface area contributed by atoms with Gasteiger partial charge in [-0.25, -0.2) is 0 Å². The molecule has 0 aliphatic heterocycles. The monoisotopic (exact) mass is 264 g/mol. The van der Waals surface area contributed by atoms with Crippen LogP contribution >= 0.6 is 0 Å². The largest absolute Gasteiger partial charge is 0.485 e. The van der Waals surface area contributed by atoms with Gasteiger partial charge in [-0.05, 0) is 31.4 Å². The molecule has 1 aliphatic carbocycles. The standard InChI is InChI=1S/C14H20N2O3/c1-11-5-6-13(12(9-11)16(17)18)19-10-14(15)7-3-2-4-8-14/h5-6,9H,2-4,7-8,10,15H2,1H3. The smallest absolute Gasteiger partial charge is 0.311 e. The van der Waals surface area contributed by atoms with Crippen LogP contribution < -0.4 is 10.5 Å². The van der Waals surface area contributed by atoms with Crippen LogP contribution in [0.4, 0.5) is 5.69 Å². The first kappa shape index (κ1) is 13.8. The highest BCUT2D eigenvalue weighted by atomic mass is 16.6. The minimum atomic E-state index is -0.410. The van der Waals surface area contributed by atoms with Gasteiger partial charge < -0.3 is 10.5 Å². The zero-order valence-corrected chi connectivity index (χ0v) is 11.2. The van der Waals surface area contributed by atoms with Gasteiger partial charge in [-0.15, -0.1) is 0 Å². The predicted molar refractivity (Wildman–Crippen MR) is 73.3 cm³/mol. The quantitative estimate of drug-likeness (QED) is 0.670. The summed E-state index contributed by atoms with van der Waals surface area (Å²) in [7, 11) is 0. The Hall–Kier alpha value is -1.62. The van der Waals surface area contributed by atoms with Crippen LogP contribution in [0.25, 0.3) is 0 Å². The van der Waals surface area contributed by atoms with Crippen molar-refractivity contribution in [3.8, 4) is 5.75 Å². The highest BCUT2D eigenvalue weighted by Gasteiger charge is 2.29. The second-order valence-corrected chi connectivity index (χ2v) is 5.44. The maximum Gasteiger partial charge on any atom is 0.311 e. The summed E-state index contributed by atoms with van der Waals surface area (Å²) < 4.78 is 5.63. The third-order valence-electron chi connectivity index (χ3n) is 3.68. The van der Waals surface area contributed by atoms with E-state index in [1.165, 1.54) is 12.5 Å². The van der Waals surface area contributed by atoms with E-state index in [0.29, 0.717) is 12.4 Å². The maximum atomic E-state index is 11.0. The van der Waals surface area contributed by atoms with Gasteiger partial charge in [0.05, 0.1) is 10.5 Å². The Morgan fingerprint density at radius 1 is 1.37 bits per heavy atom. The van der Waals surface area contributed by atoms with Crippen LogP contribution in [0.3, 0.4) is 0 Å². The first-order valence-corrected chi connectivity index (χ1v) is 6.67. The second kappa shape index (κ2) is 5.57. The highest BCUT2D eigenvalue weighted by molar-refractivity contribution is 5.48. The number of hydrogen-bond donors (Lipinski definition) is 1. The van der Waals surface area contributed by atoms with Crippen LogP contribution in [-0.4, -0.2) is 17.1 Å². The molecule has 0 amide bonds. The minimum absolute atomic E-state index is 0.0133. The van der Waals surface area contributed by atoms with Gasteiger partial charge in [0.2, 0.25) is 0 Å². The average molecular weight is 264 g/mol. The van der Waals surface area contributed by atoms with Crippen molar-refractivity contribution in [2.45, 2.75) is 44.6 Å². The highest BCUT2D eigenvalue weighted by Crippen LogP contribution is 2.31. The molecule has 2 rings (SSSR count). The molecule has 0 radical (unpaired) electrons. The number of nitro benzene ring substituents is 1. The molecule has 1 aromatic carbocycles. The summed E-state index contributed by atoms with van der Waals surface area (Å²) in [5.41, 5.74) is 6.79. The fourth-order valence-corrected chi connectivity index (χ4v) is 2.51. The SMILES string of the molecule is Cc1ccc(OCC2(N)CCCCC2)c([N+](=O)[O-])c1. The number of ether oxygens (including phenoxy) is 1. The molecule has 0 spiro atoms. The van der Waals surface area contributed by atoms with Crippen LogP contribution in [0, 0.1) is 17.0 Å². The molecule has 0 atom stereocenters. The molecule has 5 nitrogen and oxygen atoms in total. The summed E-state index contributed by atoms with van der Waals surface area (Å²) in [4.78, 5) is 10.6. The molecule has 0 saturated heterocycles. The zero-order chi connectivity index (χ0) is 13.9. The third kappa shape index (κ3) is 3.44. The summed E-state index contributed by atoms with van der Waals surface area (Å²) in [6.45, 7) is 2.17. The molecule has 0 aromatic heterocycles. The van der Waals surface area contributed by atoms with E-state index in [2.05, 4.69) is 0 Å². The van der Waals surface area contributed by atoms with Crippen molar-refractivity contribution in [1.29, 1.82) is 0 Å². The molecular weight excluding hydrogens is 244 g/mol. The lowest BCUT2D eigenvalue weighted by Gasteiger charge is -2.32. The Labute approximate surface area is 112 Å². The first-order chi connectivity index (χ1) is 9.00. The molecule has 19 heavy (non-hydrogen) atoms. The lowest BCUT2D eigenvalue weighted by atomic mass is 9.83. The molecule has 1 saturated carbocycles. The van der Waals surface area contributed by atoms with Crippen LogP contribution in [0.5, 0.6) is 5.75 Å². The van der Waals surface area contributed by atoms with Crippen molar-refractivity contribution in [3.05, 3.63) is 33.9 Å². The normalized spacial score (nSPS) is 18.0. The molecule has 1 aromatic rings. The summed E-state index contributed by atoms with van der Waals surface area (Å²) in [6, 6.07) is 4.99. The van der Waals surface area contributed by atoms with Crippen molar-refractivity contribution < 1.29 is 9.66 Å². The molecule has 104 valence electrons. The van der Waals surface area contributed by atoms with E-state index >= 15 is 0 Å². The van der Waals surface area contributed by atoms with Crippen LogP contribution in [-0.2, 0) is 0 Å². The van der Waals surface area contributed by atoms with Gasteiger partial charge >= 0.3 is 5.69 Å². The Kier molecular flexibility index (Phi) is 4.04. The van der Waals surface area contributed by atoms with E-state index in [9.17, 15) is 10.1 Å². The number of nitrogens with two attached hydrogens (primary N) is 1. The Balaban J connectivity index is 2.08. The summed E-state index contributed by atoms with van der Waals surface area (Å²) in [5, 5.41) is 11.0. The van der Waals surface area contributed by atoms with Gasteiger partial charge in [0.1, 0.15) is 6.61 Å². The molecule has 5 heteroatoms.